The van der Waals surface area contributed by atoms with Crippen LogP contribution in [0.3, 0.4) is 0 Å². The molecule has 184 valence electrons. The smallest absolute Gasteiger partial charge is 0.354 e. The van der Waals surface area contributed by atoms with Crippen molar-refractivity contribution in [1.29, 1.82) is 0 Å². The monoisotopic (exact) mass is 474 g/mol. The summed E-state index contributed by atoms with van der Waals surface area (Å²) < 4.78 is 10.4. The molecule has 0 aromatic carbocycles. The van der Waals surface area contributed by atoms with Crippen LogP contribution < -0.4 is 19.9 Å². The Kier molecular flexibility index (Phi) is 8.18. The van der Waals surface area contributed by atoms with Gasteiger partial charge in [0.05, 0.1) is 31.3 Å². The first-order valence-corrected chi connectivity index (χ1v) is 10.9. The van der Waals surface area contributed by atoms with Gasteiger partial charge in [-0.2, -0.15) is 0 Å². The molecular formula is C22H30N6O6. The lowest BCUT2D eigenvalue weighted by Crippen LogP contribution is -2.40. The average Bonchev–Trinajstić information content (AvgIpc) is 3.24. The van der Waals surface area contributed by atoms with Gasteiger partial charge >= 0.3 is 5.97 Å². The van der Waals surface area contributed by atoms with E-state index in [-0.39, 0.29) is 5.69 Å². The lowest BCUT2D eigenvalue weighted by molar-refractivity contribution is -0.176. The molecule has 2 aliphatic rings. The first-order valence-electron chi connectivity index (χ1n) is 10.9. The molecule has 0 spiro atoms. The summed E-state index contributed by atoms with van der Waals surface area (Å²) in [6.07, 6.45) is 5.09. The third-order valence-electron chi connectivity index (χ3n) is 5.29. The van der Waals surface area contributed by atoms with Gasteiger partial charge in [0, 0.05) is 32.6 Å². The normalized spacial score (nSPS) is 16.3. The number of pyridine rings is 1. The van der Waals surface area contributed by atoms with E-state index in [0.717, 1.165) is 31.0 Å². The molecule has 3 N–H and O–H groups in total. The number of carboxylic acids is 1. The van der Waals surface area contributed by atoms with Crippen LogP contribution in [0.15, 0.2) is 24.5 Å². The Hall–Kier alpha value is -3.51. The number of aromatic nitrogens is 3. The second-order valence-corrected chi connectivity index (χ2v) is 8.34. The quantitative estimate of drug-likeness (QED) is 0.275. The first-order chi connectivity index (χ1) is 16.2. The minimum absolute atomic E-state index is 0.119. The van der Waals surface area contributed by atoms with Crippen LogP contribution in [-0.2, 0) is 9.53 Å². The minimum Gasteiger partial charge on any atom is -0.477 e. The van der Waals surface area contributed by atoms with Crippen molar-refractivity contribution in [3.63, 3.8) is 0 Å². The van der Waals surface area contributed by atoms with E-state index in [2.05, 4.69) is 30.1 Å². The van der Waals surface area contributed by atoms with E-state index in [1.807, 2.05) is 13.1 Å². The Balaban J connectivity index is 0.000000191. The van der Waals surface area contributed by atoms with E-state index in [1.165, 1.54) is 12.4 Å². The highest BCUT2D eigenvalue weighted by Gasteiger charge is 2.35. The van der Waals surface area contributed by atoms with Crippen LogP contribution in [-0.4, -0.2) is 82.7 Å². The van der Waals surface area contributed by atoms with Gasteiger partial charge in [0.15, 0.2) is 23.1 Å². The number of hydrogen-bond acceptors (Lipinski definition) is 10. The number of fused-ring (bicyclic) bond motifs is 4. The molecule has 0 radical (unpaired) electrons. The predicted molar refractivity (Wildman–Crippen MR) is 124 cm³/mol. The van der Waals surface area contributed by atoms with Crippen LogP contribution in [0.1, 0.15) is 37.2 Å². The van der Waals surface area contributed by atoms with Gasteiger partial charge in [0.25, 0.3) is 0 Å². The maximum Gasteiger partial charge on any atom is 0.354 e. The zero-order valence-corrected chi connectivity index (χ0v) is 19.5. The van der Waals surface area contributed by atoms with E-state index in [0.29, 0.717) is 43.8 Å². The lowest BCUT2D eigenvalue weighted by Gasteiger charge is -2.34. The molecule has 1 saturated heterocycles. The van der Waals surface area contributed by atoms with E-state index in [4.69, 9.17) is 14.6 Å². The number of nitrogens with zero attached hydrogens (tertiary/aromatic N) is 5. The van der Waals surface area contributed by atoms with Crippen molar-refractivity contribution < 1.29 is 29.3 Å². The minimum atomic E-state index is -1.12. The molecule has 2 aromatic rings. The number of rotatable bonds is 9. The van der Waals surface area contributed by atoms with Gasteiger partial charge in [-0.05, 0) is 32.4 Å². The van der Waals surface area contributed by atoms with Crippen molar-refractivity contribution in [2.75, 3.05) is 48.5 Å². The van der Waals surface area contributed by atoms with E-state index in [1.54, 1.807) is 19.9 Å². The van der Waals surface area contributed by atoms with Crippen LogP contribution in [0.25, 0.3) is 0 Å². The third-order valence-corrected chi connectivity index (χ3v) is 5.29. The standard InChI is InChI=1S/C11H17N3O4.C11H13N3O2/c1-11(2,16)18-5-3-4-17-10-7-12-9(6-13-10)14-8-15;1-13-7-4-5-14(6-7)9-3-2-8(11(15)16)12-10(9)13/h6-8,16H,3-5H2,1-2H3,(H,12,14,15);2-3,7H,4-6H2,1H3,(H,15,16). The van der Waals surface area contributed by atoms with Gasteiger partial charge in [0.1, 0.15) is 0 Å². The van der Waals surface area contributed by atoms with Crippen molar-refractivity contribution >= 4 is 29.7 Å². The molecule has 2 bridgehead atoms. The fraction of sp³-hybridized carbons (Fsp3) is 0.500. The molecular weight excluding hydrogens is 444 g/mol. The van der Waals surface area contributed by atoms with E-state index in [9.17, 15) is 14.7 Å². The number of aromatic carboxylic acids is 1. The third kappa shape index (κ3) is 6.75. The maximum atomic E-state index is 10.9. The van der Waals surface area contributed by atoms with Gasteiger partial charge in [0.2, 0.25) is 12.3 Å². The zero-order chi connectivity index (χ0) is 24.7. The number of carbonyl (C=O) groups is 2. The molecule has 1 atom stereocenters. The number of anilines is 3. The highest BCUT2D eigenvalue weighted by molar-refractivity contribution is 5.87. The molecule has 2 aromatic heterocycles. The Morgan fingerprint density at radius 3 is 2.74 bits per heavy atom. The SMILES string of the molecule is CC(C)(O)OCCCOc1cnc(NC=O)cn1.CN1c2nc(C(=O)O)ccc2N2CCC1C2. The van der Waals surface area contributed by atoms with Gasteiger partial charge in [-0.25, -0.2) is 19.7 Å². The van der Waals surface area contributed by atoms with Gasteiger partial charge in [-0.15, -0.1) is 0 Å². The largest absolute Gasteiger partial charge is 0.477 e. The van der Waals surface area contributed by atoms with Crippen LogP contribution in [0, 0.1) is 0 Å². The maximum absolute atomic E-state index is 10.9. The van der Waals surface area contributed by atoms with Crippen molar-refractivity contribution in [2.45, 2.75) is 38.5 Å². The Labute approximate surface area is 197 Å². The molecule has 4 rings (SSSR count). The Morgan fingerprint density at radius 2 is 2.09 bits per heavy atom. The molecule has 0 saturated carbocycles. The van der Waals surface area contributed by atoms with Crippen LogP contribution in [0.2, 0.25) is 0 Å². The Morgan fingerprint density at radius 1 is 1.29 bits per heavy atom. The summed E-state index contributed by atoms with van der Waals surface area (Å²) in [6, 6.07) is 3.92. The highest BCUT2D eigenvalue weighted by atomic mass is 16.6. The lowest BCUT2D eigenvalue weighted by atomic mass is 10.2. The summed E-state index contributed by atoms with van der Waals surface area (Å²) in [4.78, 5) is 37.5. The number of amides is 1. The molecule has 34 heavy (non-hydrogen) atoms. The molecule has 12 heteroatoms. The molecule has 1 amide bonds. The predicted octanol–water partition coefficient (Wildman–Crippen LogP) is 1.37. The van der Waals surface area contributed by atoms with Gasteiger partial charge < -0.3 is 34.8 Å². The molecule has 4 heterocycles. The fourth-order valence-electron chi connectivity index (χ4n) is 3.60. The summed E-state index contributed by atoms with van der Waals surface area (Å²) in [5.74, 6) is -0.558. The van der Waals surface area contributed by atoms with Crippen molar-refractivity contribution in [3.05, 3.63) is 30.2 Å². The first kappa shape index (κ1) is 25.1. The second-order valence-electron chi connectivity index (χ2n) is 8.34. The topological polar surface area (TPSA) is 150 Å². The van der Waals surface area contributed by atoms with Gasteiger partial charge in [-0.1, -0.05) is 0 Å². The number of ether oxygens (including phenoxy) is 2. The number of nitrogens with one attached hydrogen (secondary N) is 1. The van der Waals surface area contributed by atoms with Crippen LogP contribution in [0.5, 0.6) is 5.88 Å². The zero-order valence-electron chi connectivity index (χ0n) is 19.5. The van der Waals surface area contributed by atoms with E-state index >= 15 is 0 Å². The van der Waals surface area contributed by atoms with Crippen molar-refractivity contribution in [3.8, 4) is 5.88 Å². The second kappa shape index (κ2) is 11.1. The molecule has 1 unspecified atom stereocenters. The van der Waals surface area contributed by atoms with E-state index < -0.39 is 11.8 Å². The summed E-state index contributed by atoms with van der Waals surface area (Å²) in [5.41, 5.74) is 1.18. The highest BCUT2D eigenvalue weighted by Crippen LogP contribution is 2.37. The Bertz CT molecular complexity index is 981. The fourth-order valence-corrected chi connectivity index (χ4v) is 3.60. The molecule has 2 aliphatic heterocycles. The summed E-state index contributed by atoms with van der Waals surface area (Å²) in [5, 5.41) is 20.6. The number of likely N-dealkylation sites (N-methyl/N-ethyl adjacent to an activating group) is 1. The summed E-state index contributed by atoms with van der Waals surface area (Å²) in [7, 11) is 1.99. The van der Waals surface area contributed by atoms with Crippen LogP contribution in [0.4, 0.5) is 17.3 Å². The summed E-state index contributed by atoms with van der Waals surface area (Å²) in [6.45, 7) is 6.00. The average molecular weight is 475 g/mol. The molecule has 12 nitrogen and oxygen atoms in total. The number of hydrogen-bond donors (Lipinski definition) is 3. The number of aliphatic hydroxyl groups is 1. The molecule has 0 aliphatic carbocycles. The van der Waals surface area contributed by atoms with Gasteiger partial charge in [-0.3, -0.25) is 4.79 Å². The van der Waals surface area contributed by atoms with Crippen LogP contribution >= 0.6 is 0 Å². The number of carboxylic acid groups (broad SMARTS) is 1. The van der Waals surface area contributed by atoms with Crippen molar-refractivity contribution in [1.82, 2.24) is 15.0 Å². The summed E-state index contributed by atoms with van der Waals surface area (Å²) >= 11 is 0. The van der Waals surface area contributed by atoms with Crippen molar-refractivity contribution in [2.24, 2.45) is 0 Å². The number of carbonyl (C=O) groups excluding carboxylic acids is 1. The molecule has 1 fully saturated rings.